The average Bonchev–Trinajstić information content (AvgIpc) is 2.21. The van der Waals surface area contributed by atoms with Crippen LogP contribution in [0.4, 0.5) is 0 Å². The number of ketones is 1. The van der Waals surface area contributed by atoms with Gasteiger partial charge in [-0.3, -0.25) is 4.79 Å². The van der Waals surface area contributed by atoms with Gasteiger partial charge in [0.1, 0.15) is 0 Å². The Morgan fingerprint density at radius 3 is 2.71 bits per heavy atom. The molecular formula is C10H11ClO3. The highest BCUT2D eigenvalue weighted by Gasteiger charge is 2.15. The van der Waals surface area contributed by atoms with Crippen LogP contribution in [0.2, 0.25) is 5.02 Å². The molecule has 1 aromatic rings. The molecule has 1 rings (SSSR count). The number of ether oxygens (including phenoxy) is 1. The van der Waals surface area contributed by atoms with Gasteiger partial charge in [0.2, 0.25) is 0 Å². The maximum absolute atomic E-state index is 11.3. The highest BCUT2D eigenvalue weighted by atomic mass is 35.5. The van der Waals surface area contributed by atoms with Gasteiger partial charge < -0.3 is 9.84 Å². The number of rotatable bonds is 3. The fourth-order valence-electron chi connectivity index (χ4n) is 1.12. The molecule has 0 fully saturated rings. The van der Waals surface area contributed by atoms with E-state index >= 15 is 0 Å². The van der Waals surface area contributed by atoms with Crippen molar-refractivity contribution in [2.24, 2.45) is 0 Å². The highest BCUT2D eigenvalue weighted by Crippen LogP contribution is 2.36. The molecule has 0 unspecified atom stereocenters. The second kappa shape index (κ2) is 4.33. The molecule has 4 heteroatoms. The number of phenolic OH excluding ortho intramolecular Hbond substituents is 1. The largest absolute Gasteiger partial charge is 0.503 e. The Labute approximate surface area is 87.3 Å². The molecule has 0 atom stereocenters. The van der Waals surface area contributed by atoms with E-state index in [1.54, 1.807) is 13.0 Å². The predicted octanol–water partition coefficient (Wildman–Crippen LogP) is 2.65. The predicted molar refractivity (Wildman–Crippen MR) is 54.3 cm³/mol. The number of Topliss-reactive ketones (excluding diaryl/α,β-unsaturated/α-hetero) is 1. The summed E-state index contributed by atoms with van der Waals surface area (Å²) in [5, 5.41) is 9.57. The number of carbonyl (C=O) groups is 1. The highest BCUT2D eigenvalue weighted by molar-refractivity contribution is 6.35. The van der Waals surface area contributed by atoms with Gasteiger partial charge in [-0.2, -0.15) is 0 Å². The Kier molecular flexibility index (Phi) is 3.36. The Morgan fingerprint density at radius 2 is 2.21 bits per heavy atom. The van der Waals surface area contributed by atoms with Gasteiger partial charge >= 0.3 is 0 Å². The smallest absolute Gasteiger partial charge is 0.177 e. The first-order chi connectivity index (χ1) is 6.61. The van der Waals surface area contributed by atoms with E-state index in [-0.39, 0.29) is 22.3 Å². The van der Waals surface area contributed by atoms with Crippen molar-refractivity contribution in [3.63, 3.8) is 0 Å². The minimum Gasteiger partial charge on any atom is -0.503 e. The summed E-state index contributed by atoms with van der Waals surface area (Å²) < 4.78 is 4.85. The molecule has 14 heavy (non-hydrogen) atoms. The van der Waals surface area contributed by atoms with E-state index < -0.39 is 0 Å². The zero-order chi connectivity index (χ0) is 10.7. The topological polar surface area (TPSA) is 46.5 Å². The molecule has 0 bridgehead atoms. The van der Waals surface area contributed by atoms with Crippen LogP contribution in [0.15, 0.2) is 12.1 Å². The summed E-state index contributed by atoms with van der Waals surface area (Å²) in [6.07, 6.45) is 0.353. The van der Waals surface area contributed by atoms with Crippen LogP contribution in [0.3, 0.4) is 0 Å². The summed E-state index contributed by atoms with van der Waals surface area (Å²) in [5.74, 6) is -0.0240. The molecule has 0 amide bonds. The Morgan fingerprint density at radius 1 is 1.57 bits per heavy atom. The minimum absolute atomic E-state index is 0.0520. The summed E-state index contributed by atoms with van der Waals surface area (Å²) in [6, 6.07) is 3.07. The number of carbonyl (C=O) groups excluding carboxylic acids is 1. The number of methoxy groups -OCH3 is 1. The normalized spacial score (nSPS) is 9.93. The number of hydrogen-bond donors (Lipinski definition) is 1. The third-order valence-corrected chi connectivity index (χ3v) is 2.30. The van der Waals surface area contributed by atoms with Gasteiger partial charge in [0.25, 0.3) is 0 Å². The molecule has 1 N–H and O–H groups in total. The zero-order valence-electron chi connectivity index (χ0n) is 8.00. The molecule has 3 nitrogen and oxygen atoms in total. The van der Waals surface area contributed by atoms with E-state index in [4.69, 9.17) is 16.3 Å². The lowest BCUT2D eigenvalue weighted by atomic mass is 10.1. The molecule has 0 saturated carbocycles. The third kappa shape index (κ3) is 1.82. The van der Waals surface area contributed by atoms with Crippen molar-refractivity contribution in [1.29, 1.82) is 0 Å². The summed E-state index contributed by atoms with van der Waals surface area (Å²) in [5.41, 5.74) is 0.326. The molecule has 0 aliphatic heterocycles. The van der Waals surface area contributed by atoms with Crippen LogP contribution < -0.4 is 4.74 Å². The first-order valence-electron chi connectivity index (χ1n) is 4.20. The minimum atomic E-state index is -0.187. The van der Waals surface area contributed by atoms with Gasteiger partial charge in [0.05, 0.1) is 12.1 Å². The maximum Gasteiger partial charge on any atom is 0.177 e. The van der Waals surface area contributed by atoms with Crippen LogP contribution in [0.1, 0.15) is 23.7 Å². The van der Waals surface area contributed by atoms with E-state index in [0.717, 1.165) is 0 Å². The van der Waals surface area contributed by atoms with E-state index in [0.29, 0.717) is 12.0 Å². The van der Waals surface area contributed by atoms with Crippen LogP contribution in [0.25, 0.3) is 0 Å². The molecule has 0 saturated heterocycles. The second-order valence-electron chi connectivity index (χ2n) is 2.75. The van der Waals surface area contributed by atoms with Crippen LogP contribution >= 0.6 is 11.6 Å². The fourth-order valence-corrected chi connectivity index (χ4v) is 1.38. The van der Waals surface area contributed by atoms with Crippen molar-refractivity contribution in [3.8, 4) is 11.5 Å². The number of halogens is 1. The molecule has 0 aliphatic rings. The van der Waals surface area contributed by atoms with Gasteiger partial charge in [-0.25, -0.2) is 0 Å². The van der Waals surface area contributed by atoms with Gasteiger partial charge in [-0.1, -0.05) is 18.5 Å². The van der Waals surface area contributed by atoms with Crippen molar-refractivity contribution >= 4 is 17.4 Å². The summed E-state index contributed by atoms with van der Waals surface area (Å²) in [7, 11) is 1.42. The molecule has 0 aromatic heterocycles. The van der Waals surface area contributed by atoms with Gasteiger partial charge in [-0.15, -0.1) is 0 Å². The van der Waals surface area contributed by atoms with Crippen molar-refractivity contribution in [2.45, 2.75) is 13.3 Å². The van der Waals surface area contributed by atoms with E-state index in [1.165, 1.54) is 13.2 Å². The van der Waals surface area contributed by atoms with E-state index in [1.807, 2.05) is 0 Å². The average molecular weight is 215 g/mol. The van der Waals surface area contributed by atoms with Gasteiger partial charge in [0.15, 0.2) is 17.3 Å². The number of phenols is 1. The molecule has 76 valence electrons. The lowest BCUT2D eigenvalue weighted by Gasteiger charge is -2.07. The van der Waals surface area contributed by atoms with Crippen molar-refractivity contribution in [1.82, 2.24) is 0 Å². The Bertz CT molecular complexity index is 361. The number of aromatic hydroxyl groups is 1. The van der Waals surface area contributed by atoms with E-state index in [2.05, 4.69) is 0 Å². The first kappa shape index (κ1) is 10.9. The monoisotopic (exact) mass is 214 g/mol. The lowest BCUT2D eigenvalue weighted by molar-refractivity contribution is 0.0988. The van der Waals surface area contributed by atoms with Gasteiger partial charge in [0, 0.05) is 12.0 Å². The Balaban J connectivity index is 3.24. The lowest BCUT2D eigenvalue weighted by Crippen LogP contribution is -1.98. The second-order valence-corrected chi connectivity index (χ2v) is 3.13. The van der Waals surface area contributed by atoms with Crippen LogP contribution in [0.5, 0.6) is 11.5 Å². The zero-order valence-corrected chi connectivity index (χ0v) is 8.76. The molecule has 0 heterocycles. The Hall–Kier alpha value is -1.22. The quantitative estimate of drug-likeness (QED) is 0.787. The first-order valence-corrected chi connectivity index (χ1v) is 4.58. The maximum atomic E-state index is 11.3. The standard InChI is InChI=1S/C10H11ClO3/c1-3-7(12)6-4-5-8(14-2)10(13)9(6)11/h4-5,13H,3H2,1-2H3. The summed E-state index contributed by atoms with van der Waals surface area (Å²) in [4.78, 5) is 11.3. The molecule has 0 aliphatic carbocycles. The fraction of sp³-hybridized carbons (Fsp3) is 0.300. The van der Waals surface area contributed by atoms with Crippen LogP contribution in [-0.4, -0.2) is 18.0 Å². The molecule has 0 spiro atoms. The van der Waals surface area contributed by atoms with E-state index in [9.17, 15) is 9.90 Å². The van der Waals surface area contributed by atoms with Crippen LogP contribution in [-0.2, 0) is 0 Å². The van der Waals surface area contributed by atoms with Crippen molar-refractivity contribution < 1.29 is 14.6 Å². The number of hydrogen-bond acceptors (Lipinski definition) is 3. The van der Waals surface area contributed by atoms with Gasteiger partial charge in [-0.05, 0) is 12.1 Å². The van der Waals surface area contributed by atoms with Crippen molar-refractivity contribution in [2.75, 3.05) is 7.11 Å². The van der Waals surface area contributed by atoms with Crippen LogP contribution in [0, 0.1) is 0 Å². The van der Waals surface area contributed by atoms with Crippen molar-refractivity contribution in [3.05, 3.63) is 22.7 Å². The molecule has 1 aromatic carbocycles. The summed E-state index contributed by atoms with van der Waals surface area (Å²) >= 11 is 5.80. The third-order valence-electron chi connectivity index (χ3n) is 1.92. The summed E-state index contributed by atoms with van der Waals surface area (Å²) in [6.45, 7) is 1.74. The number of benzene rings is 1. The SMILES string of the molecule is CCC(=O)c1ccc(OC)c(O)c1Cl. The molecular weight excluding hydrogens is 204 g/mol. The molecule has 0 radical (unpaired) electrons.